The highest BCUT2D eigenvalue weighted by molar-refractivity contribution is 9.10. The molecule has 0 saturated carbocycles. The second-order valence-electron chi connectivity index (χ2n) is 5.29. The number of carbonyl (C=O) groups is 1. The lowest BCUT2D eigenvalue weighted by Crippen LogP contribution is -2.45. The minimum atomic E-state index is 0.0409. The average molecular weight is 340 g/mol. The summed E-state index contributed by atoms with van der Waals surface area (Å²) in [5, 5.41) is 0. The fourth-order valence-electron chi connectivity index (χ4n) is 2.69. The molecule has 0 bridgehead atoms. The predicted octanol–water partition coefficient (Wildman–Crippen LogP) is 2.59. The molecule has 1 fully saturated rings. The molecule has 1 amide bonds. The van der Waals surface area contributed by atoms with Gasteiger partial charge in [-0.3, -0.25) is 4.79 Å². The van der Waals surface area contributed by atoms with E-state index in [1.807, 2.05) is 24.1 Å². The van der Waals surface area contributed by atoms with Crippen LogP contribution < -0.4 is 5.73 Å². The highest BCUT2D eigenvalue weighted by atomic mass is 79.9. The van der Waals surface area contributed by atoms with Crippen LogP contribution in [0, 0.1) is 0 Å². The SMILES string of the molecule is CCN1CCC(N(C)C(=O)c2cccc(N)c2Br)CC1. The lowest BCUT2D eigenvalue weighted by atomic mass is 10.0. The number of amides is 1. The Kier molecular flexibility index (Phi) is 5.05. The molecule has 1 aromatic rings. The fourth-order valence-corrected chi connectivity index (χ4v) is 3.13. The Morgan fingerprint density at radius 2 is 2.10 bits per heavy atom. The average Bonchev–Trinajstić information content (AvgIpc) is 2.48. The van der Waals surface area contributed by atoms with Crippen molar-refractivity contribution in [1.29, 1.82) is 0 Å². The van der Waals surface area contributed by atoms with Gasteiger partial charge in [0, 0.05) is 31.9 Å². The van der Waals surface area contributed by atoms with Crippen molar-refractivity contribution >= 4 is 27.5 Å². The first kappa shape index (κ1) is 15.3. The van der Waals surface area contributed by atoms with Crippen molar-refractivity contribution in [2.24, 2.45) is 0 Å². The first-order valence-electron chi connectivity index (χ1n) is 7.08. The van der Waals surface area contributed by atoms with E-state index in [1.54, 1.807) is 6.07 Å². The second-order valence-corrected chi connectivity index (χ2v) is 6.08. The third kappa shape index (κ3) is 3.15. The number of rotatable bonds is 3. The first-order chi connectivity index (χ1) is 9.54. The van der Waals surface area contributed by atoms with E-state index in [9.17, 15) is 4.79 Å². The van der Waals surface area contributed by atoms with Gasteiger partial charge in [0.1, 0.15) is 0 Å². The standard InChI is InChI=1S/C15H22BrN3O/c1-3-19-9-7-11(8-10-19)18(2)15(20)12-5-4-6-13(17)14(12)16/h4-6,11H,3,7-10,17H2,1-2H3. The fraction of sp³-hybridized carbons (Fsp3) is 0.533. The highest BCUT2D eigenvalue weighted by Gasteiger charge is 2.26. The third-order valence-electron chi connectivity index (χ3n) is 4.13. The Hall–Kier alpha value is -1.07. The summed E-state index contributed by atoms with van der Waals surface area (Å²) in [5.41, 5.74) is 7.09. The summed E-state index contributed by atoms with van der Waals surface area (Å²) in [7, 11) is 1.89. The molecule has 0 radical (unpaired) electrons. The quantitative estimate of drug-likeness (QED) is 0.861. The Morgan fingerprint density at radius 3 is 2.70 bits per heavy atom. The minimum absolute atomic E-state index is 0.0409. The van der Waals surface area contributed by atoms with E-state index < -0.39 is 0 Å². The molecular weight excluding hydrogens is 318 g/mol. The van der Waals surface area contributed by atoms with E-state index in [-0.39, 0.29) is 5.91 Å². The van der Waals surface area contributed by atoms with Crippen LogP contribution in [0.4, 0.5) is 5.69 Å². The molecular formula is C15H22BrN3O. The van der Waals surface area contributed by atoms with Crippen LogP contribution in [0.3, 0.4) is 0 Å². The molecule has 20 heavy (non-hydrogen) atoms. The summed E-state index contributed by atoms with van der Waals surface area (Å²) >= 11 is 3.41. The van der Waals surface area contributed by atoms with Crippen LogP contribution >= 0.6 is 15.9 Å². The van der Waals surface area contributed by atoms with Crippen molar-refractivity contribution in [1.82, 2.24) is 9.80 Å². The van der Waals surface area contributed by atoms with Crippen molar-refractivity contribution in [3.63, 3.8) is 0 Å². The van der Waals surface area contributed by atoms with Crippen LogP contribution in [-0.4, -0.2) is 48.4 Å². The van der Waals surface area contributed by atoms with Crippen molar-refractivity contribution < 1.29 is 4.79 Å². The summed E-state index contributed by atoms with van der Waals surface area (Å²) in [6.07, 6.45) is 2.08. The van der Waals surface area contributed by atoms with Gasteiger partial charge in [-0.1, -0.05) is 13.0 Å². The molecule has 1 aliphatic heterocycles. The van der Waals surface area contributed by atoms with Gasteiger partial charge in [0.25, 0.3) is 5.91 Å². The zero-order valence-electron chi connectivity index (χ0n) is 12.1. The van der Waals surface area contributed by atoms with Crippen LogP contribution in [0.15, 0.2) is 22.7 Å². The largest absolute Gasteiger partial charge is 0.398 e. The van der Waals surface area contributed by atoms with E-state index in [0.29, 0.717) is 21.8 Å². The number of nitrogens with zero attached hydrogens (tertiary/aromatic N) is 2. The van der Waals surface area contributed by atoms with Crippen molar-refractivity contribution in [2.75, 3.05) is 32.4 Å². The number of hydrogen-bond donors (Lipinski definition) is 1. The van der Waals surface area contributed by atoms with Crippen LogP contribution in [0.2, 0.25) is 0 Å². The first-order valence-corrected chi connectivity index (χ1v) is 7.87. The van der Waals surface area contributed by atoms with E-state index in [2.05, 4.69) is 27.8 Å². The number of nitrogens with two attached hydrogens (primary N) is 1. The van der Waals surface area contributed by atoms with Gasteiger partial charge in [-0.15, -0.1) is 0 Å². The van der Waals surface area contributed by atoms with E-state index >= 15 is 0 Å². The Labute approximate surface area is 129 Å². The number of nitrogen functional groups attached to an aromatic ring is 1. The van der Waals surface area contributed by atoms with Gasteiger partial charge in [-0.25, -0.2) is 0 Å². The Balaban J connectivity index is 2.07. The molecule has 0 unspecified atom stereocenters. The molecule has 1 aliphatic rings. The van der Waals surface area contributed by atoms with Crippen molar-refractivity contribution in [3.8, 4) is 0 Å². The molecule has 2 N–H and O–H groups in total. The van der Waals surface area contributed by atoms with Gasteiger partial charge >= 0.3 is 0 Å². The molecule has 0 atom stereocenters. The topological polar surface area (TPSA) is 49.6 Å². The van der Waals surface area contributed by atoms with Gasteiger partial charge in [0.15, 0.2) is 0 Å². The number of halogens is 1. The Morgan fingerprint density at radius 1 is 1.45 bits per heavy atom. The van der Waals surface area contributed by atoms with Gasteiger partial charge in [-0.05, 0) is 47.4 Å². The lowest BCUT2D eigenvalue weighted by molar-refractivity contribution is 0.0646. The van der Waals surface area contributed by atoms with E-state index in [0.717, 1.165) is 32.5 Å². The lowest BCUT2D eigenvalue weighted by Gasteiger charge is -2.36. The maximum absolute atomic E-state index is 12.6. The second kappa shape index (κ2) is 6.59. The zero-order chi connectivity index (χ0) is 14.7. The summed E-state index contributed by atoms with van der Waals surface area (Å²) in [4.78, 5) is 16.9. The van der Waals surface area contributed by atoms with Gasteiger partial charge in [0.05, 0.1) is 10.0 Å². The van der Waals surface area contributed by atoms with Crippen LogP contribution in [0.5, 0.6) is 0 Å². The summed E-state index contributed by atoms with van der Waals surface area (Å²) in [5.74, 6) is 0.0409. The number of piperidine rings is 1. The summed E-state index contributed by atoms with van der Waals surface area (Å²) in [6, 6.07) is 5.75. The van der Waals surface area contributed by atoms with Crippen LogP contribution in [0.25, 0.3) is 0 Å². The zero-order valence-corrected chi connectivity index (χ0v) is 13.7. The van der Waals surface area contributed by atoms with Gasteiger partial charge in [-0.2, -0.15) is 0 Å². The van der Waals surface area contributed by atoms with E-state index in [1.165, 1.54) is 0 Å². The smallest absolute Gasteiger partial charge is 0.255 e. The molecule has 5 heteroatoms. The summed E-state index contributed by atoms with van der Waals surface area (Å²) in [6.45, 7) is 5.40. The number of likely N-dealkylation sites (tertiary alicyclic amines) is 1. The van der Waals surface area contributed by atoms with Crippen molar-refractivity contribution in [2.45, 2.75) is 25.8 Å². The Bertz CT molecular complexity index is 484. The third-order valence-corrected chi connectivity index (χ3v) is 5.02. The number of carbonyl (C=O) groups excluding carboxylic acids is 1. The van der Waals surface area contributed by atoms with E-state index in [4.69, 9.17) is 5.73 Å². The molecule has 1 saturated heterocycles. The highest BCUT2D eigenvalue weighted by Crippen LogP contribution is 2.26. The summed E-state index contributed by atoms with van der Waals surface area (Å²) < 4.78 is 0.697. The molecule has 4 nitrogen and oxygen atoms in total. The molecule has 0 aromatic heterocycles. The number of anilines is 1. The van der Waals surface area contributed by atoms with Gasteiger partial charge < -0.3 is 15.5 Å². The number of hydrogen-bond acceptors (Lipinski definition) is 3. The molecule has 1 heterocycles. The molecule has 1 aromatic carbocycles. The molecule has 2 rings (SSSR count). The predicted molar refractivity (Wildman–Crippen MR) is 85.8 cm³/mol. The number of benzene rings is 1. The van der Waals surface area contributed by atoms with Crippen LogP contribution in [-0.2, 0) is 0 Å². The maximum atomic E-state index is 12.6. The molecule has 110 valence electrons. The molecule has 0 aliphatic carbocycles. The minimum Gasteiger partial charge on any atom is -0.398 e. The van der Waals surface area contributed by atoms with Crippen LogP contribution in [0.1, 0.15) is 30.1 Å². The normalized spacial score (nSPS) is 17.1. The van der Waals surface area contributed by atoms with Crippen molar-refractivity contribution in [3.05, 3.63) is 28.2 Å². The monoisotopic (exact) mass is 339 g/mol. The van der Waals surface area contributed by atoms with Gasteiger partial charge in [0.2, 0.25) is 0 Å². The molecule has 0 spiro atoms. The maximum Gasteiger partial charge on any atom is 0.255 e.